The fraction of sp³-hybridized carbons (Fsp3) is 0.565. The highest BCUT2D eigenvalue weighted by Gasteiger charge is 2.26. The van der Waals surface area contributed by atoms with Crippen LogP contribution in [0.5, 0.6) is 0 Å². The molecule has 1 aromatic heterocycles. The number of hydrogen-bond donors (Lipinski definition) is 2. The standard InChI is InChI=1S/C23H33N3O4S/c1-4-6-13-26(5-2)31(29,30)17-11-12-21-18(14-17)19(15-22(27)24-21)23(28)25-20-10-8-7-9-16(20)3/h11-12,14-16,20H,4-10,13H2,1-3H3,(H,24,27)(H,25,28). The molecule has 2 unspecified atom stereocenters. The third-order valence-electron chi connectivity index (χ3n) is 6.24. The topological polar surface area (TPSA) is 99.3 Å². The highest BCUT2D eigenvalue weighted by atomic mass is 32.2. The molecule has 0 spiro atoms. The smallest absolute Gasteiger partial charge is 0.252 e. The average Bonchev–Trinajstić information content (AvgIpc) is 2.74. The van der Waals surface area contributed by atoms with Crippen molar-refractivity contribution in [1.29, 1.82) is 0 Å². The number of aromatic amines is 1. The van der Waals surface area contributed by atoms with Crippen molar-refractivity contribution < 1.29 is 13.2 Å². The SMILES string of the molecule is CCCCN(CC)S(=O)(=O)c1ccc2[nH]c(=O)cc(C(=O)NC3CCCCC3C)c2c1. The zero-order valence-electron chi connectivity index (χ0n) is 18.6. The lowest BCUT2D eigenvalue weighted by molar-refractivity contribution is 0.0911. The number of H-pyrrole nitrogens is 1. The minimum Gasteiger partial charge on any atom is -0.349 e. The number of aromatic nitrogens is 1. The maximum absolute atomic E-state index is 13.2. The van der Waals surface area contributed by atoms with E-state index in [1.807, 2.05) is 13.8 Å². The molecule has 2 N–H and O–H groups in total. The lowest BCUT2D eigenvalue weighted by Gasteiger charge is -2.29. The van der Waals surface area contributed by atoms with Crippen molar-refractivity contribution in [2.45, 2.75) is 70.2 Å². The maximum Gasteiger partial charge on any atom is 0.252 e. The Morgan fingerprint density at radius 3 is 2.61 bits per heavy atom. The summed E-state index contributed by atoms with van der Waals surface area (Å²) in [6.45, 7) is 6.78. The van der Waals surface area contributed by atoms with Crippen LogP contribution in [-0.4, -0.2) is 42.7 Å². The Labute approximate surface area is 184 Å². The number of carbonyl (C=O) groups is 1. The molecule has 0 aliphatic heterocycles. The molecule has 1 aliphatic carbocycles. The maximum atomic E-state index is 13.2. The molecule has 2 aromatic rings. The molecular weight excluding hydrogens is 414 g/mol. The summed E-state index contributed by atoms with van der Waals surface area (Å²) in [4.78, 5) is 28.1. The van der Waals surface area contributed by atoms with Gasteiger partial charge in [0.1, 0.15) is 0 Å². The van der Waals surface area contributed by atoms with E-state index in [-0.39, 0.29) is 28.0 Å². The van der Waals surface area contributed by atoms with Gasteiger partial charge in [-0.15, -0.1) is 0 Å². The van der Waals surface area contributed by atoms with E-state index in [0.29, 0.717) is 29.9 Å². The molecule has 1 fully saturated rings. The Morgan fingerprint density at radius 2 is 1.94 bits per heavy atom. The molecule has 1 amide bonds. The number of hydrogen-bond acceptors (Lipinski definition) is 4. The van der Waals surface area contributed by atoms with E-state index in [4.69, 9.17) is 0 Å². The van der Waals surface area contributed by atoms with Gasteiger partial charge < -0.3 is 10.3 Å². The van der Waals surface area contributed by atoms with Crippen molar-refractivity contribution in [3.63, 3.8) is 0 Å². The van der Waals surface area contributed by atoms with Crippen LogP contribution in [-0.2, 0) is 10.0 Å². The van der Waals surface area contributed by atoms with E-state index in [2.05, 4.69) is 17.2 Å². The second kappa shape index (κ2) is 9.96. The van der Waals surface area contributed by atoms with E-state index >= 15 is 0 Å². The Kier molecular flexibility index (Phi) is 7.54. The third kappa shape index (κ3) is 5.18. The molecule has 1 aromatic carbocycles. The normalized spacial score (nSPS) is 19.6. The van der Waals surface area contributed by atoms with Gasteiger partial charge in [-0.2, -0.15) is 4.31 Å². The second-order valence-electron chi connectivity index (χ2n) is 8.45. The van der Waals surface area contributed by atoms with E-state index in [1.54, 1.807) is 6.07 Å². The van der Waals surface area contributed by atoms with Gasteiger partial charge in [-0.3, -0.25) is 9.59 Å². The van der Waals surface area contributed by atoms with Gasteiger partial charge >= 0.3 is 0 Å². The summed E-state index contributed by atoms with van der Waals surface area (Å²) in [5, 5.41) is 3.51. The van der Waals surface area contributed by atoms with Gasteiger partial charge in [-0.25, -0.2) is 8.42 Å². The van der Waals surface area contributed by atoms with Crippen molar-refractivity contribution in [3.05, 3.63) is 40.2 Å². The van der Waals surface area contributed by atoms with Crippen LogP contribution >= 0.6 is 0 Å². The fourth-order valence-electron chi connectivity index (χ4n) is 4.29. The summed E-state index contributed by atoms with van der Waals surface area (Å²) in [6.07, 6.45) is 5.88. The summed E-state index contributed by atoms with van der Waals surface area (Å²) in [5.41, 5.74) is 0.276. The van der Waals surface area contributed by atoms with Gasteiger partial charge in [0.2, 0.25) is 15.6 Å². The number of fused-ring (bicyclic) bond motifs is 1. The third-order valence-corrected chi connectivity index (χ3v) is 8.21. The molecule has 31 heavy (non-hydrogen) atoms. The lowest BCUT2D eigenvalue weighted by Crippen LogP contribution is -2.41. The number of sulfonamides is 1. The number of carbonyl (C=O) groups excluding carboxylic acids is 1. The van der Waals surface area contributed by atoms with Crippen LogP contribution in [0.1, 0.15) is 69.7 Å². The first kappa shape index (κ1) is 23.5. The van der Waals surface area contributed by atoms with Gasteiger partial charge in [-0.05, 0) is 43.4 Å². The number of nitrogens with one attached hydrogen (secondary N) is 2. The Bertz CT molecular complexity index is 1090. The second-order valence-corrected chi connectivity index (χ2v) is 10.4. The van der Waals surface area contributed by atoms with Crippen molar-refractivity contribution in [3.8, 4) is 0 Å². The largest absolute Gasteiger partial charge is 0.349 e. The van der Waals surface area contributed by atoms with E-state index < -0.39 is 10.0 Å². The quantitative estimate of drug-likeness (QED) is 0.645. The highest BCUT2D eigenvalue weighted by Crippen LogP contribution is 2.26. The predicted molar refractivity (Wildman–Crippen MR) is 123 cm³/mol. The Hall–Kier alpha value is -2.19. The summed E-state index contributed by atoms with van der Waals surface area (Å²) >= 11 is 0. The van der Waals surface area contributed by atoms with Gasteiger partial charge in [0.15, 0.2) is 0 Å². The van der Waals surface area contributed by atoms with Gasteiger partial charge in [0.25, 0.3) is 5.91 Å². The van der Waals surface area contributed by atoms with Gasteiger partial charge in [-0.1, -0.05) is 40.0 Å². The Balaban J connectivity index is 2.00. The van der Waals surface area contributed by atoms with Crippen LogP contribution in [0.25, 0.3) is 10.9 Å². The van der Waals surface area contributed by atoms with Crippen molar-refractivity contribution >= 4 is 26.8 Å². The number of amides is 1. The zero-order valence-corrected chi connectivity index (χ0v) is 19.4. The fourth-order valence-corrected chi connectivity index (χ4v) is 5.80. The number of rotatable bonds is 8. The van der Waals surface area contributed by atoms with Gasteiger partial charge in [0, 0.05) is 36.1 Å². The van der Waals surface area contributed by atoms with Crippen LogP contribution in [0, 0.1) is 5.92 Å². The number of benzene rings is 1. The molecule has 8 heteroatoms. The summed E-state index contributed by atoms with van der Waals surface area (Å²) in [6, 6.07) is 5.89. The predicted octanol–water partition coefficient (Wildman–Crippen LogP) is 3.65. The molecule has 0 saturated heterocycles. The number of pyridine rings is 1. The zero-order chi connectivity index (χ0) is 22.6. The molecular formula is C23H33N3O4S. The monoisotopic (exact) mass is 447 g/mol. The first-order valence-electron chi connectivity index (χ1n) is 11.3. The highest BCUT2D eigenvalue weighted by molar-refractivity contribution is 7.89. The summed E-state index contributed by atoms with van der Waals surface area (Å²) in [5.74, 6) is 0.0429. The van der Waals surface area contributed by atoms with E-state index in [0.717, 1.165) is 38.5 Å². The average molecular weight is 448 g/mol. The van der Waals surface area contributed by atoms with E-state index in [1.165, 1.54) is 22.5 Å². The van der Waals surface area contributed by atoms with Crippen molar-refractivity contribution in [2.75, 3.05) is 13.1 Å². The first-order valence-corrected chi connectivity index (χ1v) is 12.7. The van der Waals surface area contributed by atoms with Crippen LogP contribution < -0.4 is 10.9 Å². The van der Waals surface area contributed by atoms with Crippen molar-refractivity contribution in [2.24, 2.45) is 5.92 Å². The molecule has 1 saturated carbocycles. The number of unbranched alkanes of at least 4 members (excludes halogenated alkanes) is 1. The molecule has 7 nitrogen and oxygen atoms in total. The molecule has 2 atom stereocenters. The molecule has 1 heterocycles. The molecule has 0 bridgehead atoms. The van der Waals surface area contributed by atoms with Crippen LogP contribution in [0.15, 0.2) is 34.0 Å². The lowest BCUT2D eigenvalue weighted by atomic mass is 9.86. The summed E-state index contributed by atoms with van der Waals surface area (Å²) in [7, 11) is -3.69. The molecule has 1 aliphatic rings. The first-order chi connectivity index (χ1) is 14.8. The van der Waals surface area contributed by atoms with Gasteiger partial charge in [0.05, 0.1) is 10.5 Å². The van der Waals surface area contributed by atoms with Crippen molar-refractivity contribution in [1.82, 2.24) is 14.6 Å². The van der Waals surface area contributed by atoms with Crippen LogP contribution in [0.4, 0.5) is 0 Å². The van der Waals surface area contributed by atoms with Crippen LogP contribution in [0.2, 0.25) is 0 Å². The minimum absolute atomic E-state index is 0.0622. The Morgan fingerprint density at radius 1 is 1.19 bits per heavy atom. The summed E-state index contributed by atoms with van der Waals surface area (Å²) < 4.78 is 27.8. The minimum atomic E-state index is -3.69. The van der Waals surface area contributed by atoms with E-state index in [9.17, 15) is 18.0 Å². The van der Waals surface area contributed by atoms with Crippen LogP contribution in [0.3, 0.4) is 0 Å². The number of nitrogens with zero attached hydrogens (tertiary/aromatic N) is 1. The molecule has 170 valence electrons. The molecule has 0 radical (unpaired) electrons. The molecule has 3 rings (SSSR count).